The third-order valence-corrected chi connectivity index (χ3v) is 2.97. The summed E-state index contributed by atoms with van der Waals surface area (Å²) in [6.07, 6.45) is 0. The van der Waals surface area contributed by atoms with Crippen LogP contribution in [0.4, 0.5) is 10.1 Å². The number of phenolic OH excluding ortho intramolecular Hbond substituents is 1. The predicted molar refractivity (Wildman–Crippen MR) is 74.4 cm³/mol. The first-order chi connectivity index (χ1) is 9.88. The van der Waals surface area contributed by atoms with Gasteiger partial charge < -0.3 is 15.5 Å². The van der Waals surface area contributed by atoms with Crippen LogP contribution >= 0.6 is 11.6 Å². The molecular weight excluding hydrogens is 301 g/mol. The molecule has 108 valence electrons. The Morgan fingerprint density at radius 1 is 1.14 bits per heavy atom. The molecule has 2 aromatic carbocycles. The molecule has 3 N–H and O–H groups in total. The van der Waals surface area contributed by atoms with E-state index in [1.54, 1.807) is 0 Å². The maximum atomic E-state index is 13.3. The molecule has 0 aliphatic carbocycles. The number of halogens is 2. The van der Waals surface area contributed by atoms with Gasteiger partial charge in [0, 0.05) is 5.56 Å². The Kier molecular flexibility index (Phi) is 4.09. The first-order valence-electron chi connectivity index (χ1n) is 5.71. The van der Waals surface area contributed by atoms with E-state index < -0.39 is 17.7 Å². The predicted octanol–water partition coefficient (Wildman–Crippen LogP) is 3.14. The zero-order valence-electron chi connectivity index (χ0n) is 10.4. The van der Waals surface area contributed by atoms with Gasteiger partial charge in [-0.2, -0.15) is 0 Å². The molecule has 0 saturated carbocycles. The maximum Gasteiger partial charge on any atom is 0.337 e. The molecule has 0 spiro atoms. The van der Waals surface area contributed by atoms with Gasteiger partial charge in [-0.15, -0.1) is 0 Å². The largest absolute Gasteiger partial charge is 0.508 e. The van der Waals surface area contributed by atoms with E-state index >= 15 is 0 Å². The van der Waals surface area contributed by atoms with Crippen molar-refractivity contribution in [2.45, 2.75) is 0 Å². The second-order valence-electron chi connectivity index (χ2n) is 4.12. The van der Waals surface area contributed by atoms with Crippen LogP contribution < -0.4 is 5.32 Å². The van der Waals surface area contributed by atoms with Gasteiger partial charge in [0.2, 0.25) is 0 Å². The van der Waals surface area contributed by atoms with Crippen molar-refractivity contribution in [2.75, 3.05) is 5.32 Å². The Bertz CT molecular complexity index is 733. The first-order valence-corrected chi connectivity index (χ1v) is 6.09. The summed E-state index contributed by atoms with van der Waals surface area (Å²) < 4.78 is 13.3. The third kappa shape index (κ3) is 3.29. The number of anilines is 1. The maximum absolute atomic E-state index is 13.3. The number of carbonyl (C=O) groups excluding carboxylic acids is 1. The minimum Gasteiger partial charge on any atom is -0.508 e. The molecule has 1 amide bonds. The Balaban J connectivity index is 2.31. The highest BCUT2D eigenvalue weighted by molar-refractivity contribution is 6.30. The van der Waals surface area contributed by atoms with Crippen molar-refractivity contribution in [3.63, 3.8) is 0 Å². The zero-order valence-corrected chi connectivity index (χ0v) is 11.2. The number of aromatic hydroxyl groups is 1. The Hall–Kier alpha value is -2.60. The van der Waals surface area contributed by atoms with E-state index in [4.69, 9.17) is 16.7 Å². The molecule has 0 aliphatic rings. The molecule has 0 aliphatic heterocycles. The fourth-order valence-corrected chi connectivity index (χ4v) is 1.77. The molecule has 2 rings (SSSR count). The molecule has 5 nitrogen and oxygen atoms in total. The molecule has 2 aromatic rings. The molecule has 0 heterocycles. The number of nitrogens with one attached hydrogen (secondary N) is 1. The number of carbonyl (C=O) groups is 2. The Labute approximate surface area is 123 Å². The number of carboxylic acids is 1. The fraction of sp³-hybridized carbons (Fsp3) is 0. The number of hydrogen-bond donors (Lipinski definition) is 3. The summed E-state index contributed by atoms with van der Waals surface area (Å²) in [5.41, 5.74) is -0.306. The van der Waals surface area contributed by atoms with Crippen molar-refractivity contribution in [3.05, 3.63) is 58.4 Å². The lowest BCUT2D eigenvalue weighted by Crippen LogP contribution is -2.15. The van der Waals surface area contributed by atoms with E-state index in [1.165, 1.54) is 24.3 Å². The van der Waals surface area contributed by atoms with Crippen LogP contribution in [0, 0.1) is 5.82 Å². The summed E-state index contributed by atoms with van der Waals surface area (Å²) in [6.45, 7) is 0. The van der Waals surface area contributed by atoms with Crippen LogP contribution in [0.2, 0.25) is 5.02 Å². The minimum absolute atomic E-state index is 0.0127. The molecular formula is C14H9ClFNO4. The van der Waals surface area contributed by atoms with Gasteiger partial charge in [0.1, 0.15) is 11.6 Å². The average molecular weight is 310 g/mol. The molecule has 21 heavy (non-hydrogen) atoms. The van der Waals surface area contributed by atoms with E-state index in [1.807, 2.05) is 0 Å². The van der Waals surface area contributed by atoms with Crippen LogP contribution in [0.1, 0.15) is 20.7 Å². The second kappa shape index (κ2) is 5.80. The van der Waals surface area contributed by atoms with E-state index in [0.717, 1.165) is 12.1 Å². The van der Waals surface area contributed by atoms with Gasteiger partial charge in [0.25, 0.3) is 5.91 Å². The van der Waals surface area contributed by atoms with Crippen LogP contribution in [0.3, 0.4) is 0 Å². The first kappa shape index (κ1) is 14.8. The highest BCUT2D eigenvalue weighted by Gasteiger charge is 2.15. The quantitative estimate of drug-likeness (QED) is 0.760. The lowest BCUT2D eigenvalue weighted by atomic mass is 10.1. The zero-order chi connectivity index (χ0) is 15.6. The normalized spacial score (nSPS) is 10.2. The number of aromatic carboxylic acids is 1. The van der Waals surface area contributed by atoms with E-state index in [-0.39, 0.29) is 27.6 Å². The Morgan fingerprint density at radius 2 is 1.86 bits per heavy atom. The highest BCUT2D eigenvalue weighted by atomic mass is 35.5. The molecule has 0 fully saturated rings. The minimum atomic E-state index is -1.32. The molecule has 0 saturated heterocycles. The van der Waals surface area contributed by atoms with Crippen LogP contribution in [-0.2, 0) is 0 Å². The van der Waals surface area contributed by atoms with Crippen LogP contribution in [0.5, 0.6) is 5.75 Å². The Morgan fingerprint density at radius 3 is 2.48 bits per heavy atom. The number of rotatable bonds is 3. The van der Waals surface area contributed by atoms with Crippen LogP contribution in [-0.4, -0.2) is 22.1 Å². The molecule has 0 radical (unpaired) electrons. The summed E-state index contributed by atoms with van der Waals surface area (Å²) in [5.74, 6) is -3.02. The van der Waals surface area contributed by atoms with Crippen molar-refractivity contribution < 1.29 is 24.2 Å². The highest BCUT2D eigenvalue weighted by Crippen LogP contribution is 2.22. The summed E-state index contributed by atoms with van der Waals surface area (Å²) >= 11 is 5.52. The third-order valence-electron chi connectivity index (χ3n) is 2.66. The van der Waals surface area contributed by atoms with Crippen molar-refractivity contribution in [3.8, 4) is 5.75 Å². The summed E-state index contributed by atoms with van der Waals surface area (Å²) in [7, 11) is 0. The SMILES string of the molecule is O=C(Nc1ccc(O)cc1C(=O)O)c1ccc(Cl)c(F)c1. The molecule has 7 heteroatoms. The number of amides is 1. The van der Waals surface area contributed by atoms with Crippen LogP contribution in [0.25, 0.3) is 0 Å². The monoisotopic (exact) mass is 309 g/mol. The lowest BCUT2D eigenvalue weighted by Gasteiger charge is -2.09. The molecule has 0 bridgehead atoms. The van der Waals surface area contributed by atoms with Crippen molar-refractivity contribution in [2.24, 2.45) is 0 Å². The molecule has 0 unspecified atom stereocenters. The van der Waals surface area contributed by atoms with E-state index in [0.29, 0.717) is 0 Å². The molecule has 0 aromatic heterocycles. The van der Waals surface area contributed by atoms with Gasteiger partial charge in [0.15, 0.2) is 0 Å². The number of benzene rings is 2. The summed E-state index contributed by atoms with van der Waals surface area (Å²) in [5, 5.41) is 20.5. The smallest absolute Gasteiger partial charge is 0.337 e. The van der Waals surface area contributed by atoms with Gasteiger partial charge in [-0.05, 0) is 36.4 Å². The summed E-state index contributed by atoms with van der Waals surface area (Å²) in [6, 6.07) is 6.94. The van der Waals surface area contributed by atoms with Crippen LogP contribution in [0.15, 0.2) is 36.4 Å². The standard InChI is InChI=1S/C14H9ClFNO4/c15-10-3-1-7(5-11(10)16)13(19)17-12-4-2-8(18)6-9(12)14(20)21/h1-6,18H,(H,17,19)(H,20,21). The van der Waals surface area contributed by atoms with Crippen molar-refractivity contribution in [1.82, 2.24) is 0 Å². The van der Waals surface area contributed by atoms with Gasteiger partial charge in [0.05, 0.1) is 16.3 Å². The van der Waals surface area contributed by atoms with Gasteiger partial charge in [-0.1, -0.05) is 11.6 Å². The number of carboxylic acid groups (broad SMARTS) is 1. The van der Waals surface area contributed by atoms with E-state index in [2.05, 4.69) is 5.32 Å². The number of phenols is 1. The van der Waals surface area contributed by atoms with E-state index in [9.17, 15) is 19.1 Å². The number of hydrogen-bond acceptors (Lipinski definition) is 3. The van der Waals surface area contributed by atoms with Crippen molar-refractivity contribution >= 4 is 29.2 Å². The van der Waals surface area contributed by atoms with Gasteiger partial charge in [-0.3, -0.25) is 4.79 Å². The van der Waals surface area contributed by atoms with Gasteiger partial charge >= 0.3 is 5.97 Å². The average Bonchev–Trinajstić information content (AvgIpc) is 2.43. The topological polar surface area (TPSA) is 86.6 Å². The summed E-state index contributed by atoms with van der Waals surface area (Å²) in [4.78, 5) is 23.0. The van der Waals surface area contributed by atoms with Gasteiger partial charge in [-0.25, -0.2) is 9.18 Å². The fourth-order valence-electron chi connectivity index (χ4n) is 1.65. The van der Waals surface area contributed by atoms with Crippen molar-refractivity contribution in [1.29, 1.82) is 0 Å². The second-order valence-corrected chi connectivity index (χ2v) is 4.53. The lowest BCUT2D eigenvalue weighted by molar-refractivity contribution is 0.0697. The molecule has 0 atom stereocenters.